The van der Waals surface area contributed by atoms with Gasteiger partial charge in [0.25, 0.3) is 0 Å². The lowest BCUT2D eigenvalue weighted by Crippen LogP contribution is -1.97. The van der Waals surface area contributed by atoms with Gasteiger partial charge in [0.1, 0.15) is 5.75 Å². The van der Waals surface area contributed by atoms with Crippen molar-refractivity contribution in [1.82, 2.24) is 0 Å². The highest BCUT2D eigenvalue weighted by atomic mass is 31.2. The van der Waals surface area contributed by atoms with Crippen LogP contribution >= 0.6 is 8.38 Å². The van der Waals surface area contributed by atoms with Gasteiger partial charge in [0, 0.05) is 5.39 Å². The summed E-state index contributed by atoms with van der Waals surface area (Å²) in [5.41, 5.74) is 1.24. The summed E-state index contributed by atoms with van der Waals surface area (Å²) in [5, 5.41) is 2.32. The lowest BCUT2D eigenvalue weighted by atomic mass is 10.1. The first-order valence-corrected chi connectivity index (χ1v) is 8.83. The summed E-state index contributed by atoms with van der Waals surface area (Å²) in [5.74, 6) is 0.897. The molecule has 1 atom stereocenters. The third-order valence-corrected chi connectivity index (χ3v) is 4.95. The van der Waals surface area contributed by atoms with Gasteiger partial charge in [0.2, 0.25) is 8.38 Å². The zero-order chi connectivity index (χ0) is 15.2. The van der Waals surface area contributed by atoms with E-state index < -0.39 is 8.38 Å². The third-order valence-electron chi connectivity index (χ3n) is 3.38. The van der Waals surface area contributed by atoms with Crippen molar-refractivity contribution in [3.63, 3.8) is 0 Å². The van der Waals surface area contributed by atoms with E-state index in [9.17, 15) is 0 Å². The zero-order valence-corrected chi connectivity index (χ0v) is 13.5. The van der Waals surface area contributed by atoms with Gasteiger partial charge in [-0.05, 0) is 23.9 Å². The van der Waals surface area contributed by atoms with Gasteiger partial charge in [0.05, 0.1) is 12.8 Å². The number of hydrogen-bond acceptors (Lipinski definition) is 2. The van der Waals surface area contributed by atoms with Gasteiger partial charge >= 0.3 is 0 Å². The molecule has 0 saturated carbocycles. The van der Waals surface area contributed by atoms with E-state index in [0.717, 1.165) is 17.3 Å². The smallest absolute Gasteiger partial charge is 0.234 e. The minimum atomic E-state index is -0.987. The van der Waals surface area contributed by atoms with E-state index in [4.69, 9.17) is 9.05 Å². The maximum atomic E-state index is 6.21. The Labute approximate surface area is 132 Å². The summed E-state index contributed by atoms with van der Waals surface area (Å²) < 4.78 is 12.1. The minimum Gasteiger partial charge on any atom is -0.446 e. The molecule has 0 heterocycles. The van der Waals surface area contributed by atoms with Crippen molar-refractivity contribution < 1.29 is 9.05 Å². The standard InChI is InChI=1S/C19H19O2P/c1-2-20-22(15-16-9-4-3-5-10-16)21-19-14-8-12-17-11-6-7-13-18(17)19/h3-14H,2,15H2,1H3. The van der Waals surface area contributed by atoms with E-state index in [1.165, 1.54) is 10.9 Å². The van der Waals surface area contributed by atoms with E-state index in [-0.39, 0.29) is 0 Å². The fourth-order valence-electron chi connectivity index (χ4n) is 2.37. The van der Waals surface area contributed by atoms with Crippen LogP contribution in [0.3, 0.4) is 0 Å². The fraction of sp³-hybridized carbons (Fsp3) is 0.158. The molecule has 112 valence electrons. The van der Waals surface area contributed by atoms with Crippen molar-refractivity contribution in [2.75, 3.05) is 6.61 Å². The molecule has 3 aromatic carbocycles. The quantitative estimate of drug-likeness (QED) is 0.538. The Balaban J connectivity index is 1.83. The molecule has 0 aromatic heterocycles. The minimum absolute atomic E-state index is 0.656. The second-order valence-corrected chi connectivity index (χ2v) is 6.39. The number of rotatable bonds is 6. The molecule has 0 spiro atoms. The molecule has 0 bridgehead atoms. The molecule has 22 heavy (non-hydrogen) atoms. The Morgan fingerprint density at radius 3 is 2.36 bits per heavy atom. The highest BCUT2D eigenvalue weighted by Crippen LogP contribution is 2.44. The molecule has 0 saturated heterocycles. The van der Waals surface area contributed by atoms with E-state index in [1.807, 2.05) is 49.4 Å². The normalized spacial score (nSPS) is 12.2. The Kier molecular flexibility index (Phi) is 5.05. The van der Waals surface area contributed by atoms with Gasteiger partial charge < -0.3 is 9.05 Å². The van der Waals surface area contributed by atoms with Crippen LogP contribution in [-0.2, 0) is 10.7 Å². The van der Waals surface area contributed by atoms with Crippen LogP contribution in [0.1, 0.15) is 12.5 Å². The molecule has 3 heteroatoms. The van der Waals surface area contributed by atoms with Crippen LogP contribution in [-0.4, -0.2) is 6.61 Å². The molecule has 1 unspecified atom stereocenters. The second kappa shape index (κ2) is 7.40. The molecule has 0 aliphatic heterocycles. The molecule has 0 N–H and O–H groups in total. The second-order valence-electron chi connectivity index (χ2n) is 4.96. The maximum absolute atomic E-state index is 6.21. The fourth-order valence-corrected chi connectivity index (χ4v) is 3.75. The van der Waals surface area contributed by atoms with Gasteiger partial charge in [-0.1, -0.05) is 66.7 Å². The van der Waals surface area contributed by atoms with Gasteiger partial charge in [0.15, 0.2) is 0 Å². The molecule has 3 aromatic rings. The summed E-state index contributed by atoms with van der Waals surface area (Å²) in [6.07, 6.45) is 0.799. The average molecular weight is 310 g/mol. The monoisotopic (exact) mass is 310 g/mol. The van der Waals surface area contributed by atoms with Gasteiger partial charge in [-0.2, -0.15) is 0 Å². The number of hydrogen-bond donors (Lipinski definition) is 0. The van der Waals surface area contributed by atoms with Crippen LogP contribution in [0.15, 0.2) is 72.8 Å². The van der Waals surface area contributed by atoms with Crippen LogP contribution < -0.4 is 4.52 Å². The number of fused-ring (bicyclic) bond motifs is 1. The first-order chi connectivity index (χ1) is 10.9. The lowest BCUT2D eigenvalue weighted by Gasteiger charge is -2.18. The van der Waals surface area contributed by atoms with Crippen LogP contribution in [0, 0.1) is 0 Å². The third kappa shape index (κ3) is 3.65. The molecular formula is C19H19O2P. The summed E-state index contributed by atoms with van der Waals surface area (Å²) >= 11 is 0. The Hall–Kier alpha value is -1.89. The van der Waals surface area contributed by atoms with Crippen LogP contribution in [0.2, 0.25) is 0 Å². The summed E-state index contributed by atoms with van der Waals surface area (Å²) in [7, 11) is -0.987. The predicted octanol–water partition coefficient (Wildman–Crippen LogP) is 5.77. The largest absolute Gasteiger partial charge is 0.446 e. The van der Waals surface area contributed by atoms with Crippen molar-refractivity contribution in [2.45, 2.75) is 13.1 Å². The highest BCUT2D eigenvalue weighted by molar-refractivity contribution is 7.46. The van der Waals surface area contributed by atoms with Crippen molar-refractivity contribution >= 4 is 19.1 Å². The van der Waals surface area contributed by atoms with Crippen molar-refractivity contribution in [2.24, 2.45) is 0 Å². The molecular weight excluding hydrogens is 291 g/mol. The van der Waals surface area contributed by atoms with Gasteiger partial charge in [-0.25, -0.2) is 0 Å². The van der Waals surface area contributed by atoms with Gasteiger partial charge in [-0.15, -0.1) is 0 Å². The zero-order valence-electron chi connectivity index (χ0n) is 12.6. The Morgan fingerprint density at radius 2 is 1.55 bits per heavy atom. The van der Waals surface area contributed by atoms with Crippen molar-refractivity contribution in [3.8, 4) is 5.75 Å². The number of benzene rings is 3. The molecule has 0 aliphatic rings. The summed E-state index contributed by atoms with van der Waals surface area (Å²) in [6.45, 7) is 2.66. The van der Waals surface area contributed by atoms with Crippen LogP contribution in [0.4, 0.5) is 0 Å². The van der Waals surface area contributed by atoms with Crippen LogP contribution in [0.5, 0.6) is 5.75 Å². The van der Waals surface area contributed by atoms with E-state index in [1.54, 1.807) is 0 Å². The molecule has 0 amide bonds. The molecule has 0 aliphatic carbocycles. The van der Waals surface area contributed by atoms with Crippen molar-refractivity contribution in [1.29, 1.82) is 0 Å². The van der Waals surface area contributed by atoms with Crippen LogP contribution in [0.25, 0.3) is 10.8 Å². The summed E-state index contributed by atoms with van der Waals surface area (Å²) in [4.78, 5) is 0. The maximum Gasteiger partial charge on any atom is 0.234 e. The average Bonchev–Trinajstić information content (AvgIpc) is 2.56. The van der Waals surface area contributed by atoms with Crippen molar-refractivity contribution in [3.05, 3.63) is 78.4 Å². The highest BCUT2D eigenvalue weighted by Gasteiger charge is 2.14. The molecule has 0 fully saturated rings. The first kappa shape index (κ1) is 15.0. The topological polar surface area (TPSA) is 18.5 Å². The van der Waals surface area contributed by atoms with E-state index >= 15 is 0 Å². The molecule has 0 radical (unpaired) electrons. The van der Waals surface area contributed by atoms with Gasteiger partial charge in [-0.3, -0.25) is 0 Å². The SMILES string of the molecule is CCOP(Cc1ccccc1)Oc1cccc2ccccc12. The van der Waals surface area contributed by atoms with E-state index in [2.05, 4.69) is 30.3 Å². The Morgan fingerprint density at radius 1 is 0.818 bits per heavy atom. The predicted molar refractivity (Wildman–Crippen MR) is 93.3 cm³/mol. The van der Waals surface area contributed by atoms with E-state index in [0.29, 0.717) is 6.61 Å². The first-order valence-electron chi connectivity index (χ1n) is 7.47. The summed E-state index contributed by atoms with van der Waals surface area (Å²) in [6, 6.07) is 24.8. The molecule has 2 nitrogen and oxygen atoms in total. The Bertz CT molecular complexity index is 722. The molecule has 3 rings (SSSR count). The lowest BCUT2D eigenvalue weighted by molar-refractivity contribution is 0.333.